The summed E-state index contributed by atoms with van der Waals surface area (Å²) in [6, 6.07) is 12.2. The Morgan fingerprint density at radius 1 is 1.32 bits per heavy atom. The minimum absolute atomic E-state index is 0.710. The molecule has 0 amide bonds. The molecule has 1 aromatic heterocycles. The molecule has 0 aliphatic rings. The average Bonchev–Trinajstić information content (AvgIpc) is 2.82. The van der Waals surface area contributed by atoms with Gasteiger partial charge in [0.05, 0.1) is 12.2 Å². The largest absolute Gasteiger partial charge is 0.358 e. The van der Waals surface area contributed by atoms with E-state index >= 15 is 0 Å². The fraction of sp³-hybridized carbons (Fsp3) is 0.286. The predicted molar refractivity (Wildman–Crippen MR) is 80.6 cm³/mol. The maximum atomic E-state index is 5.36. The molecule has 0 saturated carbocycles. The van der Waals surface area contributed by atoms with E-state index < -0.39 is 0 Å². The van der Waals surface area contributed by atoms with Crippen molar-refractivity contribution < 1.29 is 0 Å². The number of hydrogen-bond donors (Lipinski definition) is 1. The van der Waals surface area contributed by atoms with E-state index in [1.165, 1.54) is 5.56 Å². The summed E-state index contributed by atoms with van der Waals surface area (Å²) in [6.45, 7) is 1.45. The Morgan fingerprint density at radius 3 is 2.68 bits per heavy atom. The maximum absolute atomic E-state index is 5.36. The number of hydrogen-bond acceptors (Lipinski definition) is 2. The minimum Gasteiger partial charge on any atom is -0.358 e. The molecule has 19 heavy (non-hydrogen) atoms. The highest BCUT2D eigenvalue weighted by Crippen LogP contribution is 2.01. The van der Waals surface area contributed by atoms with E-state index in [9.17, 15) is 0 Å². The average molecular weight is 274 g/mol. The Balaban J connectivity index is 1.82. The lowest BCUT2D eigenvalue weighted by Gasteiger charge is -2.20. The molecule has 5 heteroatoms. The Kier molecular flexibility index (Phi) is 4.52. The van der Waals surface area contributed by atoms with E-state index in [-0.39, 0.29) is 0 Å². The van der Waals surface area contributed by atoms with E-state index in [4.69, 9.17) is 12.2 Å². The van der Waals surface area contributed by atoms with Gasteiger partial charge in [-0.3, -0.25) is 4.68 Å². The number of aromatic nitrogens is 2. The fourth-order valence-electron chi connectivity index (χ4n) is 1.77. The number of nitrogens with zero attached hydrogens (tertiary/aromatic N) is 3. The molecule has 0 fully saturated rings. The lowest BCUT2D eigenvalue weighted by molar-refractivity contribution is 0.477. The molecule has 4 nitrogen and oxygen atoms in total. The smallest absolute Gasteiger partial charge is 0.169 e. The number of nitrogens with one attached hydrogen (secondary N) is 1. The van der Waals surface area contributed by atoms with Gasteiger partial charge in [-0.2, -0.15) is 5.10 Å². The Bertz CT molecular complexity index is 535. The zero-order valence-electron chi connectivity index (χ0n) is 11.2. The van der Waals surface area contributed by atoms with Crippen LogP contribution in [0.5, 0.6) is 0 Å². The van der Waals surface area contributed by atoms with Crippen LogP contribution >= 0.6 is 12.2 Å². The molecule has 0 unspecified atom stereocenters. The molecule has 0 bridgehead atoms. The minimum atomic E-state index is 0.710. The van der Waals surface area contributed by atoms with Gasteiger partial charge in [0.1, 0.15) is 0 Å². The van der Waals surface area contributed by atoms with Gasteiger partial charge in [-0.15, -0.1) is 0 Å². The first-order valence-corrected chi connectivity index (χ1v) is 6.57. The van der Waals surface area contributed by atoms with Crippen LogP contribution in [0.2, 0.25) is 0 Å². The van der Waals surface area contributed by atoms with Crippen molar-refractivity contribution in [2.24, 2.45) is 7.05 Å². The Hall–Kier alpha value is -1.88. The SMILES string of the molecule is CN(Cc1ccn(C)n1)C(=S)NCc1ccccc1. The highest BCUT2D eigenvalue weighted by molar-refractivity contribution is 7.80. The zero-order valence-corrected chi connectivity index (χ0v) is 12.0. The molecule has 0 atom stereocenters. The van der Waals surface area contributed by atoms with Gasteiger partial charge in [0.2, 0.25) is 0 Å². The fourth-order valence-corrected chi connectivity index (χ4v) is 1.91. The molecule has 0 aliphatic carbocycles. The van der Waals surface area contributed by atoms with Crippen molar-refractivity contribution in [2.45, 2.75) is 13.1 Å². The third-order valence-electron chi connectivity index (χ3n) is 2.80. The third kappa shape index (κ3) is 4.06. The molecule has 0 spiro atoms. The van der Waals surface area contributed by atoms with Crippen LogP contribution in [0.1, 0.15) is 11.3 Å². The van der Waals surface area contributed by atoms with E-state index in [2.05, 4.69) is 22.5 Å². The summed E-state index contributed by atoms with van der Waals surface area (Å²) in [4.78, 5) is 1.99. The summed E-state index contributed by atoms with van der Waals surface area (Å²) in [6.07, 6.45) is 1.93. The summed E-state index contributed by atoms with van der Waals surface area (Å²) >= 11 is 5.36. The molecular weight excluding hydrogens is 256 g/mol. The number of benzene rings is 1. The number of thiocarbonyl (C=S) groups is 1. The molecule has 2 rings (SSSR count). The monoisotopic (exact) mass is 274 g/mol. The molecule has 0 radical (unpaired) electrons. The van der Waals surface area contributed by atoms with Gasteiger partial charge >= 0.3 is 0 Å². The summed E-state index contributed by atoms with van der Waals surface area (Å²) in [5, 5.41) is 8.32. The van der Waals surface area contributed by atoms with Crippen LogP contribution in [-0.2, 0) is 20.1 Å². The van der Waals surface area contributed by atoms with Gasteiger partial charge < -0.3 is 10.2 Å². The van der Waals surface area contributed by atoms with E-state index in [0.717, 1.165) is 17.4 Å². The summed E-state index contributed by atoms with van der Waals surface area (Å²) in [5.74, 6) is 0. The van der Waals surface area contributed by atoms with E-state index in [1.807, 2.05) is 49.5 Å². The van der Waals surface area contributed by atoms with Gasteiger partial charge in [0.25, 0.3) is 0 Å². The highest BCUT2D eigenvalue weighted by Gasteiger charge is 2.06. The van der Waals surface area contributed by atoms with Crippen LogP contribution in [0.15, 0.2) is 42.6 Å². The molecule has 1 N–H and O–H groups in total. The third-order valence-corrected chi connectivity index (χ3v) is 3.26. The molecule has 1 heterocycles. The van der Waals surface area contributed by atoms with Gasteiger partial charge in [-0.1, -0.05) is 30.3 Å². The summed E-state index contributed by atoms with van der Waals surface area (Å²) < 4.78 is 1.80. The standard InChI is InChI=1S/C14H18N4S/c1-17(11-13-8-9-18(2)16-13)14(19)15-10-12-6-4-3-5-7-12/h3-9H,10-11H2,1-2H3,(H,15,19). The first-order chi connectivity index (χ1) is 9.15. The maximum Gasteiger partial charge on any atom is 0.169 e. The molecule has 0 saturated heterocycles. The lowest BCUT2D eigenvalue weighted by Crippen LogP contribution is -2.36. The quantitative estimate of drug-likeness (QED) is 0.864. The van der Waals surface area contributed by atoms with Crippen LogP contribution in [0.4, 0.5) is 0 Å². The molecule has 2 aromatic rings. The predicted octanol–water partition coefficient (Wildman–Crippen LogP) is 1.93. The Labute approximate surface area is 119 Å². The Morgan fingerprint density at radius 2 is 2.05 bits per heavy atom. The van der Waals surface area contributed by atoms with Gasteiger partial charge in [0.15, 0.2) is 5.11 Å². The van der Waals surface area contributed by atoms with Gasteiger partial charge in [0, 0.05) is 26.8 Å². The van der Waals surface area contributed by atoms with Crippen LogP contribution in [0.3, 0.4) is 0 Å². The van der Waals surface area contributed by atoms with Crippen LogP contribution in [0.25, 0.3) is 0 Å². The van der Waals surface area contributed by atoms with Crippen molar-refractivity contribution in [1.29, 1.82) is 0 Å². The first kappa shape index (κ1) is 13.5. The van der Waals surface area contributed by atoms with Crippen LogP contribution in [-0.4, -0.2) is 26.8 Å². The van der Waals surface area contributed by atoms with Crippen LogP contribution in [0, 0.1) is 0 Å². The highest BCUT2D eigenvalue weighted by atomic mass is 32.1. The van der Waals surface area contributed by atoms with Crippen molar-refractivity contribution >= 4 is 17.3 Å². The van der Waals surface area contributed by atoms with Crippen LogP contribution < -0.4 is 5.32 Å². The van der Waals surface area contributed by atoms with E-state index in [0.29, 0.717) is 6.54 Å². The zero-order chi connectivity index (χ0) is 13.7. The van der Waals surface area contributed by atoms with Crippen molar-refractivity contribution in [1.82, 2.24) is 20.0 Å². The number of aryl methyl sites for hydroxylation is 1. The number of rotatable bonds is 4. The summed E-state index contributed by atoms with van der Waals surface area (Å²) in [5.41, 5.74) is 2.23. The second-order valence-electron chi connectivity index (χ2n) is 4.48. The summed E-state index contributed by atoms with van der Waals surface area (Å²) in [7, 11) is 3.88. The molecule has 100 valence electrons. The second-order valence-corrected chi connectivity index (χ2v) is 4.87. The molecule has 0 aliphatic heterocycles. The van der Waals surface area contributed by atoms with Gasteiger partial charge in [-0.25, -0.2) is 0 Å². The van der Waals surface area contributed by atoms with E-state index in [1.54, 1.807) is 4.68 Å². The first-order valence-electron chi connectivity index (χ1n) is 6.16. The lowest BCUT2D eigenvalue weighted by atomic mass is 10.2. The normalized spacial score (nSPS) is 10.2. The topological polar surface area (TPSA) is 33.1 Å². The molecule has 1 aromatic carbocycles. The van der Waals surface area contributed by atoms with Crippen molar-refractivity contribution in [3.63, 3.8) is 0 Å². The van der Waals surface area contributed by atoms with Gasteiger partial charge in [-0.05, 0) is 23.8 Å². The van der Waals surface area contributed by atoms with Crippen molar-refractivity contribution in [3.8, 4) is 0 Å². The second kappa shape index (κ2) is 6.33. The van der Waals surface area contributed by atoms with Crippen molar-refractivity contribution in [3.05, 3.63) is 53.9 Å². The van der Waals surface area contributed by atoms with Crippen molar-refractivity contribution in [2.75, 3.05) is 7.05 Å². The molecular formula is C14H18N4S.